The molecule has 0 aliphatic rings. The topological polar surface area (TPSA) is 26.3 Å². The Bertz CT molecular complexity index is 77.3. The van der Waals surface area contributed by atoms with Gasteiger partial charge in [0.1, 0.15) is 0 Å². The van der Waals surface area contributed by atoms with Gasteiger partial charge in [0.05, 0.1) is 7.11 Å². The zero-order chi connectivity index (χ0) is 6.57. The largest absolute Gasteiger partial charge is 0.469 e. The van der Waals surface area contributed by atoms with Crippen LogP contribution in [0.5, 0.6) is 0 Å². The Balaban J connectivity index is -0.000000245. The maximum atomic E-state index is 10.4. The van der Waals surface area contributed by atoms with E-state index in [1.165, 1.54) is 7.11 Å². The van der Waals surface area contributed by atoms with Gasteiger partial charge in [0.2, 0.25) is 0 Å². The van der Waals surface area contributed by atoms with Crippen LogP contribution >= 0.6 is 0 Å². The molecule has 0 bridgehead atoms. The van der Waals surface area contributed by atoms with Gasteiger partial charge in [0, 0.05) is 6.42 Å². The number of esters is 1. The average Bonchev–Trinajstić information content (AvgIpc) is 1.65. The van der Waals surface area contributed by atoms with E-state index in [9.17, 15) is 4.79 Å². The minimum atomic E-state index is -0.125. The van der Waals surface area contributed by atoms with E-state index in [1.807, 2.05) is 13.8 Å². The second-order valence-electron chi connectivity index (χ2n) is 2.17. The van der Waals surface area contributed by atoms with E-state index in [0.717, 1.165) is 0 Å². The summed E-state index contributed by atoms with van der Waals surface area (Å²) < 4.78 is 4.42. The van der Waals surface area contributed by atoms with Gasteiger partial charge in [-0.05, 0) is 5.92 Å². The highest BCUT2D eigenvalue weighted by Gasteiger charge is 2.01. The van der Waals surface area contributed by atoms with E-state index >= 15 is 0 Å². The fourth-order valence-electron chi connectivity index (χ4n) is 0.417. The van der Waals surface area contributed by atoms with Crippen molar-refractivity contribution in [3.63, 3.8) is 0 Å². The van der Waals surface area contributed by atoms with Crippen molar-refractivity contribution in [1.29, 1.82) is 0 Å². The SMILES string of the molecule is C.C.COC(=O)CC(C)C. The Morgan fingerprint density at radius 3 is 1.90 bits per heavy atom. The quantitative estimate of drug-likeness (QED) is 0.562. The predicted octanol–water partition coefficient (Wildman–Crippen LogP) is 2.48. The van der Waals surface area contributed by atoms with Gasteiger partial charge in [-0.1, -0.05) is 28.7 Å². The summed E-state index contributed by atoms with van der Waals surface area (Å²) >= 11 is 0. The third-order valence-corrected chi connectivity index (χ3v) is 0.803. The molecular weight excluding hydrogens is 128 g/mol. The molecule has 10 heavy (non-hydrogen) atoms. The first kappa shape index (κ1) is 16.2. The molecule has 0 amide bonds. The van der Waals surface area contributed by atoms with Gasteiger partial charge in [0.15, 0.2) is 0 Å². The Morgan fingerprint density at radius 2 is 1.80 bits per heavy atom. The van der Waals surface area contributed by atoms with Crippen LogP contribution in [0.25, 0.3) is 0 Å². The Hall–Kier alpha value is -0.530. The summed E-state index contributed by atoms with van der Waals surface area (Å²) in [5.41, 5.74) is 0. The van der Waals surface area contributed by atoms with Crippen molar-refractivity contribution < 1.29 is 9.53 Å². The number of methoxy groups -OCH3 is 1. The molecule has 0 rings (SSSR count). The third kappa shape index (κ3) is 10.5. The molecule has 0 fully saturated rings. The van der Waals surface area contributed by atoms with E-state index in [2.05, 4.69) is 4.74 Å². The van der Waals surface area contributed by atoms with Crippen LogP contribution in [0.2, 0.25) is 0 Å². The highest BCUT2D eigenvalue weighted by molar-refractivity contribution is 5.69. The van der Waals surface area contributed by atoms with Crippen molar-refractivity contribution in [1.82, 2.24) is 0 Å². The molecule has 2 nitrogen and oxygen atoms in total. The van der Waals surface area contributed by atoms with Crippen LogP contribution in [0.1, 0.15) is 35.1 Å². The number of carbonyl (C=O) groups excluding carboxylic acids is 1. The molecule has 0 saturated heterocycles. The van der Waals surface area contributed by atoms with E-state index in [1.54, 1.807) is 0 Å². The van der Waals surface area contributed by atoms with Crippen molar-refractivity contribution in [3.05, 3.63) is 0 Å². The number of hydrogen-bond donors (Lipinski definition) is 0. The monoisotopic (exact) mass is 148 g/mol. The molecule has 0 unspecified atom stereocenters. The molecule has 0 aromatic rings. The van der Waals surface area contributed by atoms with Gasteiger partial charge in [-0.25, -0.2) is 0 Å². The summed E-state index contributed by atoms with van der Waals surface area (Å²) in [6.07, 6.45) is 0.524. The molecule has 0 aromatic carbocycles. The molecule has 0 N–H and O–H groups in total. The lowest BCUT2D eigenvalue weighted by Gasteiger charge is -1.99. The van der Waals surface area contributed by atoms with E-state index in [4.69, 9.17) is 0 Å². The highest BCUT2D eigenvalue weighted by Crippen LogP contribution is 1.98. The molecule has 0 aliphatic heterocycles. The van der Waals surface area contributed by atoms with Crippen LogP contribution < -0.4 is 0 Å². The number of hydrogen-bond acceptors (Lipinski definition) is 2. The highest BCUT2D eigenvalue weighted by atomic mass is 16.5. The zero-order valence-corrected chi connectivity index (χ0v) is 5.60. The first-order valence-corrected chi connectivity index (χ1v) is 2.73. The van der Waals surface area contributed by atoms with Crippen molar-refractivity contribution in [2.45, 2.75) is 35.1 Å². The maximum Gasteiger partial charge on any atom is 0.305 e. The van der Waals surface area contributed by atoms with Crippen LogP contribution in [0.3, 0.4) is 0 Å². The van der Waals surface area contributed by atoms with Crippen LogP contribution in [0.4, 0.5) is 0 Å². The molecule has 2 heteroatoms. The summed E-state index contributed by atoms with van der Waals surface area (Å²) in [6, 6.07) is 0. The van der Waals surface area contributed by atoms with Gasteiger partial charge in [-0.3, -0.25) is 4.79 Å². The van der Waals surface area contributed by atoms with Crippen LogP contribution in [0, 0.1) is 5.92 Å². The van der Waals surface area contributed by atoms with Gasteiger partial charge >= 0.3 is 5.97 Å². The molecule has 64 valence electrons. The Kier molecular flexibility index (Phi) is 13.7. The number of ether oxygens (including phenoxy) is 1. The summed E-state index contributed by atoms with van der Waals surface area (Å²) in [5, 5.41) is 0. The fraction of sp³-hybridized carbons (Fsp3) is 0.875. The molecule has 0 aliphatic carbocycles. The van der Waals surface area contributed by atoms with Gasteiger partial charge in [-0.2, -0.15) is 0 Å². The summed E-state index contributed by atoms with van der Waals surface area (Å²) in [4.78, 5) is 10.4. The number of carbonyl (C=O) groups is 1. The van der Waals surface area contributed by atoms with E-state index in [0.29, 0.717) is 12.3 Å². The lowest BCUT2D eigenvalue weighted by atomic mass is 10.1. The predicted molar refractivity (Wildman–Crippen MR) is 44.9 cm³/mol. The Labute approximate surface area is 64.6 Å². The normalized spacial score (nSPS) is 7.60. The minimum absolute atomic E-state index is 0. The molecule has 0 atom stereocenters. The molecule has 0 aromatic heterocycles. The minimum Gasteiger partial charge on any atom is -0.469 e. The standard InChI is InChI=1S/C6H12O2.2CH4/c1-5(2)4-6(7)8-3;;/h5H,4H2,1-3H3;2*1H4. The first-order valence-electron chi connectivity index (χ1n) is 2.73. The summed E-state index contributed by atoms with van der Waals surface area (Å²) in [5.74, 6) is 0.280. The van der Waals surface area contributed by atoms with E-state index in [-0.39, 0.29) is 20.8 Å². The average molecular weight is 148 g/mol. The molecule has 0 saturated carbocycles. The summed E-state index contributed by atoms with van der Waals surface area (Å²) in [6.45, 7) is 3.97. The van der Waals surface area contributed by atoms with Crippen LogP contribution in [-0.4, -0.2) is 13.1 Å². The molecule has 0 heterocycles. The van der Waals surface area contributed by atoms with Crippen molar-refractivity contribution in [2.75, 3.05) is 7.11 Å². The number of rotatable bonds is 2. The van der Waals surface area contributed by atoms with Crippen molar-refractivity contribution in [3.8, 4) is 0 Å². The maximum absolute atomic E-state index is 10.4. The second kappa shape index (κ2) is 8.47. The zero-order valence-electron chi connectivity index (χ0n) is 5.60. The molecular formula is C8H20O2. The first-order chi connectivity index (χ1) is 3.66. The van der Waals surface area contributed by atoms with Gasteiger partial charge in [-0.15, -0.1) is 0 Å². The van der Waals surface area contributed by atoms with Gasteiger partial charge in [0.25, 0.3) is 0 Å². The van der Waals surface area contributed by atoms with Crippen LogP contribution in [-0.2, 0) is 9.53 Å². The van der Waals surface area contributed by atoms with Crippen molar-refractivity contribution >= 4 is 5.97 Å². The Morgan fingerprint density at radius 1 is 1.40 bits per heavy atom. The van der Waals surface area contributed by atoms with E-state index < -0.39 is 0 Å². The van der Waals surface area contributed by atoms with Crippen LogP contribution in [0.15, 0.2) is 0 Å². The molecule has 0 radical (unpaired) electrons. The van der Waals surface area contributed by atoms with Crippen molar-refractivity contribution in [2.24, 2.45) is 5.92 Å². The second-order valence-corrected chi connectivity index (χ2v) is 2.17. The molecule has 0 spiro atoms. The lowest BCUT2D eigenvalue weighted by Crippen LogP contribution is -2.03. The smallest absolute Gasteiger partial charge is 0.305 e. The fourth-order valence-corrected chi connectivity index (χ4v) is 0.417. The lowest BCUT2D eigenvalue weighted by molar-refractivity contribution is -0.141. The summed E-state index contributed by atoms with van der Waals surface area (Å²) in [7, 11) is 1.41. The van der Waals surface area contributed by atoms with Gasteiger partial charge < -0.3 is 4.74 Å². The third-order valence-electron chi connectivity index (χ3n) is 0.803.